The summed E-state index contributed by atoms with van der Waals surface area (Å²) >= 11 is 0. The lowest BCUT2D eigenvalue weighted by Crippen LogP contribution is -2.11. The molecule has 94 valence electrons. The molecule has 0 unspecified atom stereocenters. The van der Waals surface area contributed by atoms with Crippen LogP contribution >= 0.6 is 0 Å². The number of nitrogens with two attached hydrogens (primary N) is 1. The maximum atomic E-state index is 13.4. The Morgan fingerprint density at radius 3 is 2.78 bits per heavy atom. The first-order valence-electron chi connectivity index (χ1n) is 5.03. The number of halogens is 2. The molecule has 2 rings (SSSR count). The van der Waals surface area contributed by atoms with Gasteiger partial charge in [-0.3, -0.25) is 5.43 Å². The quantitative estimate of drug-likeness (QED) is 0.646. The van der Waals surface area contributed by atoms with Gasteiger partial charge in [0.1, 0.15) is 0 Å². The largest absolute Gasteiger partial charge is 0.433 e. The SMILES string of the molecule is Cc1ccc(F)c(Oc2nc(NN)ncc2F)c1. The molecule has 18 heavy (non-hydrogen) atoms. The van der Waals surface area contributed by atoms with Crippen LogP contribution in [0.5, 0.6) is 11.6 Å². The third-order valence-electron chi connectivity index (χ3n) is 2.13. The number of aryl methyl sites for hydroxylation is 1. The highest BCUT2D eigenvalue weighted by atomic mass is 19.1. The number of aromatic nitrogens is 2. The van der Waals surface area contributed by atoms with Crippen molar-refractivity contribution in [1.82, 2.24) is 9.97 Å². The monoisotopic (exact) mass is 252 g/mol. The maximum absolute atomic E-state index is 13.4. The minimum absolute atomic E-state index is 0.0283. The van der Waals surface area contributed by atoms with Crippen molar-refractivity contribution in [2.45, 2.75) is 6.92 Å². The molecule has 0 bridgehead atoms. The topological polar surface area (TPSA) is 73.1 Å². The second-order valence-electron chi connectivity index (χ2n) is 3.53. The number of nitrogens with one attached hydrogen (secondary N) is 1. The van der Waals surface area contributed by atoms with Gasteiger partial charge in [-0.05, 0) is 24.6 Å². The van der Waals surface area contributed by atoms with Crippen LogP contribution in [0.15, 0.2) is 24.4 Å². The fraction of sp³-hybridized carbons (Fsp3) is 0.0909. The zero-order chi connectivity index (χ0) is 13.1. The van der Waals surface area contributed by atoms with Crippen LogP contribution in [-0.4, -0.2) is 9.97 Å². The number of hydrogen-bond acceptors (Lipinski definition) is 5. The van der Waals surface area contributed by atoms with Gasteiger partial charge >= 0.3 is 0 Å². The molecule has 0 atom stereocenters. The average molecular weight is 252 g/mol. The van der Waals surface area contributed by atoms with Gasteiger partial charge in [0.05, 0.1) is 6.20 Å². The fourth-order valence-corrected chi connectivity index (χ4v) is 1.29. The van der Waals surface area contributed by atoms with E-state index in [9.17, 15) is 8.78 Å². The number of ether oxygens (including phenoxy) is 1. The van der Waals surface area contributed by atoms with Crippen LogP contribution in [0.4, 0.5) is 14.7 Å². The van der Waals surface area contributed by atoms with Crippen LogP contribution in [0.1, 0.15) is 5.56 Å². The number of nitrogen functional groups attached to an aromatic ring is 1. The predicted molar refractivity (Wildman–Crippen MR) is 61.0 cm³/mol. The van der Waals surface area contributed by atoms with Crippen LogP contribution in [0.3, 0.4) is 0 Å². The van der Waals surface area contributed by atoms with Crippen molar-refractivity contribution in [3.63, 3.8) is 0 Å². The first-order chi connectivity index (χ1) is 8.60. The summed E-state index contributed by atoms with van der Waals surface area (Å²) in [5, 5.41) is 0. The zero-order valence-electron chi connectivity index (χ0n) is 9.45. The number of nitrogens with zero attached hydrogens (tertiary/aromatic N) is 2. The second-order valence-corrected chi connectivity index (χ2v) is 3.53. The van der Waals surface area contributed by atoms with E-state index in [1.54, 1.807) is 13.0 Å². The Bertz CT molecular complexity index is 577. The minimum Gasteiger partial charge on any atom is -0.433 e. The van der Waals surface area contributed by atoms with Gasteiger partial charge in [0.25, 0.3) is 5.88 Å². The smallest absolute Gasteiger partial charge is 0.261 e. The van der Waals surface area contributed by atoms with Gasteiger partial charge in [0.15, 0.2) is 11.6 Å². The molecule has 0 saturated carbocycles. The molecule has 3 N–H and O–H groups in total. The number of anilines is 1. The Morgan fingerprint density at radius 1 is 1.28 bits per heavy atom. The third-order valence-corrected chi connectivity index (χ3v) is 2.13. The van der Waals surface area contributed by atoms with E-state index in [0.717, 1.165) is 11.8 Å². The lowest BCUT2D eigenvalue weighted by molar-refractivity contribution is 0.396. The molecule has 0 saturated heterocycles. The maximum Gasteiger partial charge on any atom is 0.261 e. The Morgan fingerprint density at radius 2 is 2.06 bits per heavy atom. The summed E-state index contributed by atoms with van der Waals surface area (Å²) in [4.78, 5) is 7.19. The van der Waals surface area contributed by atoms with Crippen molar-refractivity contribution in [1.29, 1.82) is 0 Å². The zero-order valence-corrected chi connectivity index (χ0v) is 9.45. The third kappa shape index (κ3) is 2.51. The average Bonchev–Trinajstić information content (AvgIpc) is 2.36. The van der Waals surface area contributed by atoms with E-state index in [0.29, 0.717) is 0 Å². The summed E-state index contributed by atoms with van der Waals surface area (Å²) < 4.78 is 31.9. The van der Waals surface area contributed by atoms with Crippen LogP contribution in [0.25, 0.3) is 0 Å². The Balaban J connectivity index is 2.36. The van der Waals surface area contributed by atoms with Crippen LogP contribution < -0.4 is 16.0 Å². The molecular formula is C11H10F2N4O. The summed E-state index contributed by atoms with van der Waals surface area (Å²) in [5.41, 5.74) is 2.92. The Hall–Kier alpha value is -2.28. The van der Waals surface area contributed by atoms with Gasteiger partial charge in [-0.15, -0.1) is 0 Å². The normalized spacial score (nSPS) is 10.2. The molecule has 1 aromatic heterocycles. The van der Waals surface area contributed by atoms with Crippen LogP contribution in [0, 0.1) is 18.6 Å². The second kappa shape index (κ2) is 4.92. The first kappa shape index (κ1) is 12.2. The highest BCUT2D eigenvalue weighted by molar-refractivity contribution is 5.34. The van der Waals surface area contributed by atoms with Crippen molar-refractivity contribution in [3.05, 3.63) is 41.6 Å². The molecule has 0 radical (unpaired) electrons. The Kier molecular flexibility index (Phi) is 3.33. The van der Waals surface area contributed by atoms with Crippen molar-refractivity contribution >= 4 is 5.95 Å². The van der Waals surface area contributed by atoms with E-state index in [1.807, 2.05) is 0 Å². The van der Waals surface area contributed by atoms with Gasteiger partial charge in [0, 0.05) is 0 Å². The molecule has 0 spiro atoms. The van der Waals surface area contributed by atoms with Gasteiger partial charge in [0.2, 0.25) is 11.8 Å². The van der Waals surface area contributed by atoms with E-state index in [1.165, 1.54) is 12.1 Å². The van der Waals surface area contributed by atoms with E-state index in [4.69, 9.17) is 10.6 Å². The van der Waals surface area contributed by atoms with E-state index < -0.39 is 17.5 Å². The summed E-state index contributed by atoms with van der Waals surface area (Å²) in [6.45, 7) is 1.76. The molecule has 0 aliphatic heterocycles. The molecular weight excluding hydrogens is 242 g/mol. The number of rotatable bonds is 3. The van der Waals surface area contributed by atoms with Gasteiger partial charge in [-0.1, -0.05) is 6.07 Å². The summed E-state index contributed by atoms with van der Waals surface area (Å²) in [6, 6.07) is 4.24. The highest BCUT2D eigenvalue weighted by Gasteiger charge is 2.12. The highest BCUT2D eigenvalue weighted by Crippen LogP contribution is 2.26. The van der Waals surface area contributed by atoms with Crippen molar-refractivity contribution in [3.8, 4) is 11.6 Å². The first-order valence-corrected chi connectivity index (χ1v) is 5.03. The molecule has 7 heteroatoms. The predicted octanol–water partition coefficient (Wildman–Crippen LogP) is 2.14. The standard InChI is InChI=1S/C11H10F2N4O/c1-6-2-3-7(12)9(4-6)18-10-8(13)5-15-11(16-10)17-14/h2-5H,14H2,1H3,(H,15,16,17). The molecule has 0 fully saturated rings. The number of hydrogen-bond donors (Lipinski definition) is 2. The summed E-state index contributed by atoms with van der Waals surface area (Å²) in [6.07, 6.45) is 0.880. The lowest BCUT2D eigenvalue weighted by Gasteiger charge is -2.08. The van der Waals surface area contributed by atoms with Crippen LogP contribution in [-0.2, 0) is 0 Å². The Labute approximate surface area is 102 Å². The van der Waals surface area contributed by atoms with E-state index in [2.05, 4.69) is 15.4 Å². The van der Waals surface area contributed by atoms with Crippen molar-refractivity contribution in [2.24, 2.45) is 5.84 Å². The molecule has 1 heterocycles. The van der Waals surface area contributed by atoms with Crippen molar-refractivity contribution < 1.29 is 13.5 Å². The molecule has 5 nitrogen and oxygen atoms in total. The van der Waals surface area contributed by atoms with E-state index in [-0.39, 0.29) is 11.7 Å². The fourth-order valence-electron chi connectivity index (χ4n) is 1.29. The molecule has 2 aromatic rings. The lowest BCUT2D eigenvalue weighted by atomic mass is 10.2. The number of hydrazine groups is 1. The summed E-state index contributed by atoms with van der Waals surface area (Å²) in [7, 11) is 0. The molecule has 0 aliphatic rings. The van der Waals surface area contributed by atoms with Crippen molar-refractivity contribution in [2.75, 3.05) is 5.43 Å². The molecule has 0 amide bonds. The van der Waals surface area contributed by atoms with Gasteiger partial charge < -0.3 is 4.74 Å². The molecule has 1 aromatic carbocycles. The number of benzene rings is 1. The molecule has 0 aliphatic carbocycles. The van der Waals surface area contributed by atoms with E-state index >= 15 is 0 Å². The van der Waals surface area contributed by atoms with Gasteiger partial charge in [-0.2, -0.15) is 9.37 Å². The van der Waals surface area contributed by atoms with Gasteiger partial charge in [-0.25, -0.2) is 15.2 Å². The minimum atomic E-state index is -0.810. The summed E-state index contributed by atoms with van der Waals surface area (Å²) in [5.74, 6) is 3.12. The van der Waals surface area contributed by atoms with Crippen LogP contribution in [0.2, 0.25) is 0 Å².